The number of anilines is 1. The van der Waals surface area contributed by atoms with Gasteiger partial charge in [-0.15, -0.1) is 11.3 Å². The number of aromatic nitrogens is 1. The highest BCUT2D eigenvalue weighted by atomic mass is 35.5. The van der Waals surface area contributed by atoms with Crippen LogP contribution in [0.1, 0.15) is 12.0 Å². The Kier molecular flexibility index (Phi) is 6.83. The van der Waals surface area contributed by atoms with Gasteiger partial charge >= 0.3 is 0 Å². The third-order valence-electron chi connectivity index (χ3n) is 5.41. The van der Waals surface area contributed by atoms with Crippen LogP contribution in [0.5, 0.6) is 11.5 Å². The highest BCUT2D eigenvalue weighted by molar-refractivity contribution is 7.14. The van der Waals surface area contributed by atoms with Crippen molar-refractivity contribution >= 4 is 34.0 Å². The van der Waals surface area contributed by atoms with Crippen LogP contribution in [0.4, 0.5) is 5.13 Å². The maximum Gasteiger partial charge on any atom is 0.243 e. The van der Waals surface area contributed by atoms with Crippen molar-refractivity contribution in [3.63, 3.8) is 0 Å². The summed E-state index contributed by atoms with van der Waals surface area (Å²) in [5.41, 5.74) is 2.41. The Morgan fingerprint density at radius 2 is 2.09 bits per heavy atom. The van der Waals surface area contributed by atoms with Crippen molar-refractivity contribution in [2.45, 2.75) is 25.1 Å². The van der Waals surface area contributed by atoms with Crippen LogP contribution in [0.3, 0.4) is 0 Å². The Labute approximate surface area is 195 Å². The van der Waals surface area contributed by atoms with Gasteiger partial charge in [0, 0.05) is 41.5 Å². The molecule has 4 rings (SSSR count). The number of carbonyl (C=O) groups excluding carboxylic acids is 1. The fourth-order valence-corrected chi connectivity index (χ4v) is 4.83. The lowest BCUT2D eigenvalue weighted by molar-refractivity contribution is -0.122. The second kappa shape index (κ2) is 9.77. The van der Waals surface area contributed by atoms with Crippen LogP contribution in [-0.2, 0) is 11.3 Å². The minimum Gasteiger partial charge on any atom is -0.497 e. The standard InChI is InChI=1S/C23H24ClN3O4S/c1-30-16-7-8-17(21(10-16)31-2)19-13-32-23(26-19)27-12-15(28)9-20(27)22(29)25-11-14-5-3-4-6-18(14)24/h3-8,10,13,15,20,28H,9,11-12H2,1-2H3,(H,25,29)/t15?,20-/m0/s1. The monoisotopic (exact) mass is 473 g/mol. The Hall–Kier alpha value is -2.81. The number of benzene rings is 2. The molecule has 1 saturated heterocycles. The summed E-state index contributed by atoms with van der Waals surface area (Å²) in [4.78, 5) is 19.5. The number of hydrogen-bond acceptors (Lipinski definition) is 7. The minimum absolute atomic E-state index is 0.166. The number of aliphatic hydroxyl groups is 1. The van der Waals surface area contributed by atoms with Gasteiger partial charge in [-0.1, -0.05) is 29.8 Å². The van der Waals surface area contributed by atoms with Gasteiger partial charge in [-0.05, 0) is 23.8 Å². The number of hydrogen-bond donors (Lipinski definition) is 2. The number of β-amino-alcohol motifs (C(OH)–C–C–N with tert-alkyl or cyclic N) is 1. The summed E-state index contributed by atoms with van der Waals surface area (Å²) in [7, 11) is 3.20. The van der Waals surface area contributed by atoms with Gasteiger partial charge in [0.05, 0.1) is 26.0 Å². The molecule has 2 N–H and O–H groups in total. The summed E-state index contributed by atoms with van der Waals surface area (Å²) in [6.07, 6.45) is -0.260. The molecular weight excluding hydrogens is 450 g/mol. The molecule has 2 atom stereocenters. The van der Waals surface area contributed by atoms with Crippen molar-refractivity contribution < 1.29 is 19.4 Å². The largest absolute Gasteiger partial charge is 0.497 e. The predicted molar refractivity (Wildman–Crippen MR) is 126 cm³/mol. The molecule has 1 amide bonds. The summed E-state index contributed by atoms with van der Waals surface area (Å²) < 4.78 is 10.8. The molecule has 2 heterocycles. The molecule has 0 radical (unpaired) electrons. The van der Waals surface area contributed by atoms with Gasteiger partial charge in [0.2, 0.25) is 5.91 Å². The van der Waals surface area contributed by atoms with E-state index in [2.05, 4.69) is 5.32 Å². The average Bonchev–Trinajstić information content (AvgIpc) is 3.44. The predicted octanol–water partition coefficient (Wildman–Crippen LogP) is 3.74. The second-order valence-corrected chi connectivity index (χ2v) is 8.69. The summed E-state index contributed by atoms with van der Waals surface area (Å²) in [5.74, 6) is 1.18. The Balaban J connectivity index is 1.52. The van der Waals surface area contributed by atoms with Crippen LogP contribution in [-0.4, -0.2) is 48.9 Å². The van der Waals surface area contributed by atoms with E-state index in [0.717, 1.165) is 16.8 Å². The van der Waals surface area contributed by atoms with E-state index < -0.39 is 12.1 Å². The van der Waals surface area contributed by atoms with Gasteiger partial charge in [-0.25, -0.2) is 4.98 Å². The first-order chi connectivity index (χ1) is 15.5. The van der Waals surface area contributed by atoms with Crippen LogP contribution in [0.15, 0.2) is 47.8 Å². The number of ether oxygens (including phenoxy) is 2. The SMILES string of the molecule is COc1ccc(-c2csc(N3CC(O)C[C@H]3C(=O)NCc3ccccc3Cl)n2)c(OC)c1. The molecule has 1 unspecified atom stereocenters. The number of nitrogens with zero attached hydrogens (tertiary/aromatic N) is 2. The van der Waals surface area contributed by atoms with E-state index in [1.165, 1.54) is 11.3 Å². The van der Waals surface area contributed by atoms with Crippen LogP contribution in [0, 0.1) is 0 Å². The second-order valence-electron chi connectivity index (χ2n) is 7.45. The van der Waals surface area contributed by atoms with Gasteiger partial charge < -0.3 is 24.8 Å². The third kappa shape index (κ3) is 4.67. The Morgan fingerprint density at radius 3 is 2.84 bits per heavy atom. The number of methoxy groups -OCH3 is 2. The molecule has 1 aliphatic heterocycles. The van der Waals surface area contributed by atoms with Crippen LogP contribution in [0.2, 0.25) is 5.02 Å². The van der Waals surface area contributed by atoms with Crippen LogP contribution < -0.4 is 19.7 Å². The maximum absolute atomic E-state index is 12.9. The summed E-state index contributed by atoms with van der Waals surface area (Å²) in [6, 6.07) is 12.4. The maximum atomic E-state index is 12.9. The van der Waals surface area contributed by atoms with Crippen molar-refractivity contribution in [1.82, 2.24) is 10.3 Å². The molecule has 3 aromatic rings. The topological polar surface area (TPSA) is 83.9 Å². The van der Waals surface area contributed by atoms with E-state index in [1.807, 2.05) is 40.6 Å². The molecule has 1 aromatic heterocycles. The lowest BCUT2D eigenvalue weighted by Gasteiger charge is -2.23. The van der Waals surface area contributed by atoms with E-state index in [1.54, 1.807) is 26.4 Å². The smallest absolute Gasteiger partial charge is 0.243 e. The molecule has 0 spiro atoms. The summed E-state index contributed by atoms with van der Waals surface area (Å²) in [6.45, 7) is 0.669. The lowest BCUT2D eigenvalue weighted by Crippen LogP contribution is -2.43. The van der Waals surface area contributed by atoms with Gasteiger partial charge in [-0.3, -0.25) is 4.79 Å². The number of carbonyl (C=O) groups is 1. The molecule has 9 heteroatoms. The van der Waals surface area contributed by atoms with Gasteiger partial charge in [0.15, 0.2) is 5.13 Å². The number of aliphatic hydroxyl groups excluding tert-OH is 1. The first kappa shape index (κ1) is 22.4. The number of rotatable bonds is 7. The minimum atomic E-state index is -0.603. The van der Waals surface area contributed by atoms with Crippen LogP contribution in [0.25, 0.3) is 11.3 Å². The zero-order valence-corrected chi connectivity index (χ0v) is 19.3. The van der Waals surface area contributed by atoms with Crippen molar-refractivity contribution in [3.05, 3.63) is 58.4 Å². The number of halogens is 1. The molecule has 0 saturated carbocycles. The third-order valence-corrected chi connectivity index (χ3v) is 6.66. The number of nitrogens with one attached hydrogen (secondary N) is 1. The van der Waals surface area contributed by atoms with Crippen molar-refractivity contribution in [1.29, 1.82) is 0 Å². The van der Waals surface area contributed by atoms with E-state index in [4.69, 9.17) is 26.1 Å². The quantitative estimate of drug-likeness (QED) is 0.544. The fourth-order valence-electron chi connectivity index (χ4n) is 3.75. The molecule has 7 nitrogen and oxygen atoms in total. The van der Waals surface area contributed by atoms with Crippen molar-refractivity contribution in [2.24, 2.45) is 0 Å². The molecular formula is C23H24ClN3O4S. The molecule has 32 heavy (non-hydrogen) atoms. The van der Waals surface area contributed by atoms with Gasteiger partial charge in [0.25, 0.3) is 0 Å². The molecule has 168 valence electrons. The first-order valence-electron chi connectivity index (χ1n) is 10.1. The summed E-state index contributed by atoms with van der Waals surface area (Å²) in [5, 5.41) is 16.4. The molecule has 0 bridgehead atoms. The van der Waals surface area contributed by atoms with Gasteiger partial charge in [-0.2, -0.15) is 0 Å². The average molecular weight is 474 g/mol. The summed E-state index contributed by atoms with van der Waals surface area (Å²) >= 11 is 7.62. The number of thiazole rings is 1. The van der Waals surface area contributed by atoms with Crippen molar-refractivity contribution in [2.75, 3.05) is 25.7 Å². The van der Waals surface area contributed by atoms with E-state index in [0.29, 0.717) is 41.2 Å². The Bertz CT molecular complexity index is 1110. The van der Waals surface area contributed by atoms with Crippen molar-refractivity contribution in [3.8, 4) is 22.8 Å². The van der Waals surface area contributed by atoms with E-state index >= 15 is 0 Å². The molecule has 2 aromatic carbocycles. The molecule has 1 fully saturated rings. The van der Waals surface area contributed by atoms with E-state index in [9.17, 15) is 9.90 Å². The van der Waals surface area contributed by atoms with Gasteiger partial charge in [0.1, 0.15) is 17.5 Å². The van der Waals surface area contributed by atoms with Crippen LogP contribution >= 0.6 is 22.9 Å². The first-order valence-corrected chi connectivity index (χ1v) is 11.4. The lowest BCUT2D eigenvalue weighted by atomic mass is 10.1. The highest BCUT2D eigenvalue weighted by Gasteiger charge is 2.37. The zero-order valence-electron chi connectivity index (χ0n) is 17.7. The zero-order chi connectivity index (χ0) is 22.7. The van der Waals surface area contributed by atoms with E-state index in [-0.39, 0.29) is 5.91 Å². The fraction of sp³-hybridized carbons (Fsp3) is 0.304. The highest BCUT2D eigenvalue weighted by Crippen LogP contribution is 2.37. The Morgan fingerprint density at radius 1 is 1.28 bits per heavy atom. The molecule has 1 aliphatic rings. The molecule has 0 aliphatic carbocycles. The number of amides is 1. The normalized spacial score (nSPS) is 17.9.